The molecule has 0 spiro atoms. The number of thioether (sulfide) groups is 1. The summed E-state index contributed by atoms with van der Waals surface area (Å²) in [5.74, 6) is 1.23. The number of hydrogen-bond donors (Lipinski definition) is 1. The third kappa shape index (κ3) is 4.32. The largest absolute Gasteiger partial charge is 0.485 e. The van der Waals surface area contributed by atoms with Gasteiger partial charge in [0.15, 0.2) is 34.4 Å². The van der Waals surface area contributed by atoms with Gasteiger partial charge in [-0.2, -0.15) is 0 Å². The highest BCUT2D eigenvalue weighted by Gasteiger charge is 2.28. The van der Waals surface area contributed by atoms with E-state index >= 15 is 0 Å². The number of hydrogen-bond acceptors (Lipinski definition) is 9. The fraction of sp³-hybridized carbons (Fsp3) is 0.409. The summed E-state index contributed by atoms with van der Waals surface area (Å²) >= 11 is 1.12. The predicted octanol–water partition coefficient (Wildman–Crippen LogP) is 1.40. The van der Waals surface area contributed by atoms with Crippen LogP contribution in [0.2, 0.25) is 0 Å². The molecule has 12 heteroatoms. The van der Waals surface area contributed by atoms with Crippen molar-refractivity contribution in [2.45, 2.75) is 31.7 Å². The number of fused-ring (bicyclic) bond motifs is 1. The summed E-state index contributed by atoms with van der Waals surface area (Å²) in [5.41, 5.74) is 4.65. The molecular formula is C22H26N6O5S. The lowest BCUT2D eigenvalue weighted by Crippen LogP contribution is -2.43. The molecule has 0 radical (unpaired) electrons. The summed E-state index contributed by atoms with van der Waals surface area (Å²) in [6, 6.07) is 7.37. The van der Waals surface area contributed by atoms with E-state index in [1.54, 1.807) is 11.6 Å². The number of nitrogens with two attached hydrogens (primary N) is 1. The SMILES string of the molecule is CC(C)Cn1c(N)c(C(=O)CSc2nnc([C@H]3COc4ccccc4O3)n2C)c(=O)n(C)c1=O. The molecule has 1 aliphatic rings. The molecule has 3 heterocycles. The molecule has 11 nitrogen and oxygen atoms in total. The summed E-state index contributed by atoms with van der Waals surface area (Å²) in [4.78, 5) is 38.1. The van der Waals surface area contributed by atoms with Crippen LogP contribution in [-0.4, -0.2) is 42.0 Å². The zero-order valence-electron chi connectivity index (χ0n) is 19.3. The number of Topliss-reactive ketones (excluding diaryl/α,β-unsaturated/α-hetero) is 1. The van der Waals surface area contributed by atoms with Crippen LogP contribution in [0.3, 0.4) is 0 Å². The van der Waals surface area contributed by atoms with Crippen molar-refractivity contribution in [1.82, 2.24) is 23.9 Å². The maximum Gasteiger partial charge on any atom is 0.332 e. The van der Waals surface area contributed by atoms with Gasteiger partial charge in [0.2, 0.25) is 0 Å². The quantitative estimate of drug-likeness (QED) is 0.388. The Labute approximate surface area is 199 Å². The van der Waals surface area contributed by atoms with E-state index in [9.17, 15) is 14.4 Å². The van der Waals surface area contributed by atoms with E-state index in [-0.39, 0.29) is 29.7 Å². The first-order valence-corrected chi connectivity index (χ1v) is 11.7. The van der Waals surface area contributed by atoms with Crippen LogP contribution in [0, 0.1) is 5.92 Å². The highest BCUT2D eigenvalue weighted by molar-refractivity contribution is 7.99. The van der Waals surface area contributed by atoms with E-state index in [1.807, 2.05) is 38.1 Å². The normalized spacial score (nSPS) is 15.0. The van der Waals surface area contributed by atoms with Gasteiger partial charge in [-0.15, -0.1) is 10.2 Å². The van der Waals surface area contributed by atoms with Gasteiger partial charge in [0.25, 0.3) is 5.56 Å². The van der Waals surface area contributed by atoms with E-state index in [0.717, 1.165) is 16.3 Å². The van der Waals surface area contributed by atoms with E-state index in [1.165, 1.54) is 11.6 Å². The summed E-state index contributed by atoms with van der Waals surface area (Å²) in [6.45, 7) is 4.40. The number of para-hydroxylation sites is 2. The van der Waals surface area contributed by atoms with Crippen LogP contribution < -0.4 is 26.5 Å². The Morgan fingerprint density at radius 2 is 1.88 bits per heavy atom. The Hall–Kier alpha value is -3.54. The van der Waals surface area contributed by atoms with Crippen molar-refractivity contribution in [3.63, 3.8) is 0 Å². The van der Waals surface area contributed by atoms with Gasteiger partial charge in [-0.3, -0.25) is 18.7 Å². The van der Waals surface area contributed by atoms with Gasteiger partial charge in [-0.1, -0.05) is 37.7 Å². The molecule has 34 heavy (non-hydrogen) atoms. The fourth-order valence-electron chi connectivity index (χ4n) is 3.67. The lowest BCUT2D eigenvalue weighted by Gasteiger charge is -2.25. The van der Waals surface area contributed by atoms with E-state index < -0.39 is 23.1 Å². The average Bonchev–Trinajstić information content (AvgIpc) is 3.19. The lowest BCUT2D eigenvalue weighted by molar-refractivity contribution is 0.0825. The highest BCUT2D eigenvalue weighted by Crippen LogP contribution is 2.35. The zero-order valence-corrected chi connectivity index (χ0v) is 20.2. The number of ketones is 1. The van der Waals surface area contributed by atoms with E-state index in [2.05, 4.69) is 10.2 Å². The first-order valence-electron chi connectivity index (χ1n) is 10.7. The topological polar surface area (TPSA) is 136 Å². The minimum atomic E-state index is -0.710. The van der Waals surface area contributed by atoms with Gasteiger partial charge in [0.1, 0.15) is 18.0 Å². The van der Waals surface area contributed by atoms with Crippen molar-refractivity contribution in [2.75, 3.05) is 18.1 Å². The van der Waals surface area contributed by atoms with Crippen molar-refractivity contribution < 1.29 is 14.3 Å². The number of carbonyl (C=O) groups excluding carboxylic acids is 1. The van der Waals surface area contributed by atoms with Crippen LogP contribution in [0.25, 0.3) is 0 Å². The van der Waals surface area contributed by atoms with Crippen LogP contribution in [0.15, 0.2) is 39.0 Å². The maximum atomic E-state index is 13.0. The van der Waals surface area contributed by atoms with Crippen LogP contribution in [0.1, 0.15) is 36.1 Å². The summed E-state index contributed by atoms with van der Waals surface area (Å²) < 4.78 is 15.6. The fourth-order valence-corrected chi connectivity index (χ4v) is 4.46. The Morgan fingerprint density at radius 3 is 2.59 bits per heavy atom. The van der Waals surface area contributed by atoms with Gasteiger partial charge in [-0.25, -0.2) is 4.79 Å². The molecular weight excluding hydrogens is 460 g/mol. The van der Waals surface area contributed by atoms with Gasteiger partial charge in [-0.05, 0) is 18.1 Å². The van der Waals surface area contributed by atoms with Crippen LogP contribution in [-0.2, 0) is 20.6 Å². The molecule has 2 N–H and O–H groups in total. The second kappa shape index (κ2) is 9.37. The Morgan fingerprint density at radius 1 is 1.18 bits per heavy atom. The third-order valence-corrected chi connectivity index (χ3v) is 6.43. The predicted molar refractivity (Wildman–Crippen MR) is 127 cm³/mol. The van der Waals surface area contributed by atoms with Crippen LogP contribution in [0.5, 0.6) is 11.5 Å². The molecule has 180 valence electrons. The van der Waals surface area contributed by atoms with Gasteiger partial charge in [0, 0.05) is 20.6 Å². The number of aromatic nitrogens is 5. The molecule has 4 rings (SSSR count). The number of ether oxygens (including phenoxy) is 2. The molecule has 1 atom stereocenters. The zero-order chi connectivity index (χ0) is 24.6. The molecule has 0 bridgehead atoms. The minimum Gasteiger partial charge on any atom is -0.485 e. The minimum absolute atomic E-state index is 0.101. The third-order valence-electron chi connectivity index (χ3n) is 5.41. The molecule has 2 aromatic heterocycles. The second-order valence-electron chi connectivity index (χ2n) is 8.39. The number of anilines is 1. The van der Waals surface area contributed by atoms with Gasteiger partial charge >= 0.3 is 5.69 Å². The first kappa shape index (κ1) is 23.6. The smallest absolute Gasteiger partial charge is 0.332 e. The lowest BCUT2D eigenvalue weighted by atomic mass is 10.2. The second-order valence-corrected chi connectivity index (χ2v) is 9.33. The Balaban J connectivity index is 1.53. The first-order chi connectivity index (χ1) is 16.2. The van der Waals surface area contributed by atoms with Crippen molar-refractivity contribution in [3.05, 3.63) is 56.5 Å². The van der Waals surface area contributed by atoms with Crippen molar-refractivity contribution in [2.24, 2.45) is 20.0 Å². The van der Waals surface area contributed by atoms with Crippen LogP contribution in [0.4, 0.5) is 5.82 Å². The summed E-state index contributed by atoms with van der Waals surface area (Å²) in [7, 11) is 3.10. The molecule has 0 unspecified atom stereocenters. The highest BCUT2D eigenvalue weighted by atomic mass is 32.2. The van der Waals surface area contributed by atoms with E-state index in [4.69, 9.17) is 15.2 Å². The Kier molecular flexibility index (Phi) is 6.51. The van der Waals surface area contributed by atoms with Crippen molar-refractivity contribution in [3.8, 4) is 11.5 Å². The Bertz CT molecular complexity index is 1360. The summed E-state index contributed by atoms with van der Waals surface area (Å²) in [5, 5.41) is 8.84. The summed E-state index contributed by atoms with van der Waals surface area (Å²) in [6.07, 6.45) is -0.458. The molecule has 3 aromatic rings. The average molecular weight is 487 g/mol. The molecule has 0 saturated heterocycles. The van der Waals surface area contributed by atoms with Crippen LogP contribution >= 0.6 is 11.8 Å². The standard InChI is InChI=1S/C22H26N6O5S/c1-12(2)9-28-18(23)17(20(30)27(4)22(28)31)13(29)11-34-21-25-24-19(26(21)3)16-10-32-14-7-5-6-8-15(14)33-16/h5-8,12,16H,9-11,23H2,1-4H3/t16-/m1/s1. The molecule has 0 aliphatic carbocycles. The number of benzene rings is 1. The van der Waals surface area contributed by atoms with Gasteiger partial charge < -0.3 is 19.8 Å². The molecule has 1 aliphatic heterocycles. The molecule has 0 amide bonds. The van der Waals surface area contributed by atoms with Crippen molar-refractivity contribution >= 4 is 23.4 Å². The number of rotatable bonds is 7. The number of nitrogens with zero attached hydrogens (tertiary/aromatic N) is 5. The number of carbonyl (C=O) groups is 1. The van der Waals surface area contributed by atoms with Crippen molar-refractivity contribution in [1.29, 1.82) is 0 Å². The molecule has 0 fully saturated rings. The molecule has 1 aromatic carbocycles. The maximum absolute atomic E-state index is 13.0. The monoisotopic (exact) mass is 486 g/mol. The van der Waals surface area contributed by atoms with Gasteiger partial charge in [0.05, 0.1) is 5.75 Å². The van der Waals surface area contributed by atoms with E-state index in [0.29, 0.717) is 29.0 Å². The number of nitrogen functional groups attached to an aromatic ring is 1. The molecule has 0 saturated carbocycles.